The minimum absolute atomic E-state index is 0.0894. The number of carbonyl (C=O) groups is 1. The first-order valence-corrected chi connectivity index (χ1v) is 5.29. The Morgan fingerprint density at radius 3 is 2.73 bits per heavy atom. The molecule has 15 heavy (non-hydrogen) atoms. The predicted molar refractivity (Wildman–Crippen MR) is 53.1 cm³/mol. The lowest BCUT2D eigenvalue weighted by molar-refractivity contribution is -0.125. The van der Waals surface area contributed by atoms with Crippen LogP contribution in [0.2, 0.25) is 0 Å². The zero-order valence-electron chi connectivity index (χ0n) is 8.59. The van der Waals surface area contributed by atoms with Crippen molar-refractivity contribution in [3.05, 3.63) is 12.7 Å². The number of hydrogen-bond donors (Lipinski definition) is 1. The first-order valence-electron chi connectivity index (χ1n) is 5.29. The molecule has 1 aliphatic heterocycles. The molecule has 84 valence electrons. The molecule has 1 aliphatic carbocycles. The molecule has 0 amide bonds. The van der Waals surface area contributed by atoms with Crippen LogP contribution in [0.5, 0.6) is 0 Å². The summed E-state index contributed by atoms with van der Waals surface area (Å²) in [7, 11) is 0. The molecule has 1 heterocycles. The van der Waals surface area contributed by atoms with E-state index in [0.717, 1.165) is 0 Å². The van der Waals surface area contributed by atoms with E-state index in [-0.39, 0.29) is 30.3 Å². The quantitative estimate of drug-likeness (QED) is 0.692. The molecule has 0 bridgehead atoms. The van der Waals surface area contributed by atoms with Gasteiger partial charge in [-0.25, -0.2) is 0 Å². The largest absolute Gasteiger partial charge is 0.392 e. The summed E-state index contributed by atoms with van der Waals surface area (Å²) in [5, 5.41) is 9.63. The second-order valence-electron chi connectivity index (χ2n) is 4.06. The lowest BCUT2D eigenvalue weighted by atomic mass is 9.91. The molecule has 4 heteroatoms. The molecular formula is C11H16O4. The van der Waals surface area contributed by atoms with Crippen LogP contribution in [0.4, 0.5) is 0 Å². The first kappa shape index (κ1) is 10.8. The number of hydrogen-bond acceptors (Lipinski definition) is 4. The highest BCUT2D eigenvalue weighted by Gasteiger charge is 2.41. The van der Waals surface area contributed by atoms with Gasteiger partial charge in [-0.1, -0.05) is 6.08 Å². The monoisotopic (exact) mass is 212 g/mol. The second-order valence-corrected chi connectivity index (χ2v) is 4.06. The number of ketones is 1. The third-order valence-electron chi connectivity index (χ3n) is 3.14. The molecule has 2 aliphatic rings. The number of Topliss-reactive ketones (excluding diaryl/α,β-unsaturated/α-hetero) is 1. The van der Waals surface area contributed by atoms with Crippen LogP contribution in [0.1, 0.15) is 12.8 Å². The van der Waals surface area contributed by atoms with Crippen molar-refractivity contribution in [2.45, 2.75) is 25.2 Å². The van der Waals surface area contributed by atoms with Gasteiger partial charge in [0, 0.05) is 24.7 Å². The molecule has 2 rings (SSSR count). The first-order chi connectivity index (χ1) is 7.22. The number of ether oxygens (including phenoxy) is 2. The van der Waals surface area contributed by atoms with E-state index in [1.807, 2.05) is 0 Å². The van der Waals surface area contributed by atoms with E-state index in [1.165, 1.54) is 0 Å². The Morgan fingerprint density at radius 1 is 1.47 bits per heavy atom. The van der Waals surface area contributed by atoms with Crippen molar-refractivity contribution in [3.8, 4) is 0 Å². The molecule has 0 radical (unpaired) electrons. The SMILES string of the molecule is C=C[C@H]1[C@H](O)CC(=O)[C@@H]1CC1OCCO1. The second kappa shape index (κ2) is 4.43. The van der Waals surface area contributed by atoms with E-state index in [4.69, 9.17) is 9.47 Å². The van der Waals surface area contributed by atoms with Crippen LogP contribution in [0.25, 0.3) is 0 Å². The van der Waals surface area contributed by atoms with Gasteiger partial charge >= 0.3 is 0 Å². The molecule has 2 fully saturated rings. The summed E-state index contributed by atoms with van der Waals surface area (Å²) in [6.45, 7) is 4.84. The van der Waals surface area contributed by atoms with Crippen molar-refractivity contribution in [2.24, 2.45) is 11.8 Å². The van der Waals surface area contributed by atoms with Crippen LogP contribution in [-0.2, 0) is 14.3 Å². The van der Waals surface area contributed by atoms with Crippen LogP contribution < -0.4 is 0 Å². The standard InChI is InChI=1S/C11H16O4/c1-2-7-8(10(13)6-9(7)12)5-11-14-3-4-15-11/h2,7-9,11-12H,1,3-6H2/t7-,8-,9-/m1/s1. The van der Waals surface area contributed by atoms with Crippen molar-refractivity contribution >= 4 is 5.78 Å². The van der Waals surface area contributed by atoms with Gasteiger partial charge in [0.2, 0.25) is 0 Å². The lowest BCUT2D eigenvalue weighted by Gasteiger charge is -2.19. The Labute approximate surface area is 88.9 Å². The normalized spacial score (nSPS) is 37.4. The van der Waals surface area contributed by atoms with Crippen molar-refractivity contribution in [1.29, 1.82) is 0 Å². The molecule has 0 aromatic rings. The minimum Gasteiger partial charge on any atom is -0.392 e. The maximum atomic E-state index is 11.6. The molecule has 1 saturated carbocycles. The summed E-state index contributed by atoms with van der Waals surface area (Å²) in [6, 6.07) is 0. The Kier molecular flexibility index (Phi) is 3.19. The van der Waals surface area contributed by atoms with E-state index in [9.17, 15) is 9.90 Å². The molecule has 1 N–H and O–H groups in total. The van der Waals surface area contributed by atoms with Crippen LogP contribution in [0, 0.1) is 11.8 Å². The van der Waals surface area contributed by atoms with Gasteiger partial charge in [-0.15, -0.1) is 6.58 Å². The predicted octanol–water partition coefficient (Wildman–Crippen LogP) is 0.501. The summed E-state index contributed by atoms with van der Waals surface area (Å²) in [5.74, 6) is -0.252. The number of carbonyl (C=O) groups excluding carboxylic acids is 1. The average Bonchev–Trinajstić information content (AvgIpc) is 2.77. The molecular weight excluding hydrogens is 196 g/mol. The molecule has 0 unspecified atom stereocenters. The van der Waals surface area contributed by atoms with Gasteiger partial charge in [-0.3, -0.25) is 4.79 Å². The van der Waals surface area contributed by atoms with Gasteiger partial charge in [0.15, 0.2) is 6.29 Å². The Hall–Kier alpha value is -0.710. The topological polar surface area (TPSA) is 55.8 Å². The fraction of sp³-hybridized carbons (Fsp3) is 0.727. The molecule has 1 saturated heterocycles. The van der Waals surface area contributed by atoms with Gasteiger partial charge < -0.3 is 14.6 Å². The Balaban J connectivity index is 1.99. The minimum atomic E-state index is -0.582. The van der Waals surface area contributed by atoms with Crippen LogP contribution in [0.3, 0.4) is 0 Å². The molecule has 0 spiro atoms. The highest BCUT2D eigenvalue weighted by Crippen LogP contribution is 2.34. The van der Waals surface area contributed by atoms with Gasteiger partial charge in [0.25, 0.3) is 0 Å². The van der Waals surface area contributed by atoms with E-state index in [2.05, 4.69) is 6.58 Å². The lowest BCUT2D eigenvalue weighted by Crippen LogP contribution is -2.23. The van der Waals surface area contributed by atoms with Crippen LogP contribution in [-0.4, -0.2) is 36.5 Å². The van der Waals surface area contributed by atoms with Gasteiger partial charge in [0.05, 0.1) is 19.3 Å². The van der Waals surface area contributed by atoms with Crippen molar-refractivity contribution < 1.29 is 19.4 Å². The van der Waals surface area contributed by atoms with Crippen LogP contribution >= 0.6 is 0 Å². The van der Waals surface area contributed by atoms with E-state index in [0.29, 0.717) is 19.6 Å². The molecule has 4 nitrogen and oxygen atoms in total. The zero-order valence-corrected chi connectivity index (χ0v) is 8.59. The number of aliphatic hydroxyl groups excluding tert-OH is 1. The van der Waals surface area contributed by atoms with Crippen molar-refractivity contribution in [3.63, 3.8) is 0 Å². The number of rotatable bonds is 3. The Bertz CT molecular complexity index is 257. The maximum absolute atomic E-state index is 11.6. The fourth-order valence-electron chi connectivity index (χ4n) is 2.34. The molecule has 0 aromatic heterocycles. The zero-order chi connectivity index (χ0) is 10.8. The average molecular weight is 212 g/mol. The van der Waals surface area contributed by atoms with Crippen molar-refractivity contribution in [2.75, 3.05) is 13.2 Å². The van der Waals surface area contributed by atoms with Gasteiger partial charge in [-0.2, -0.15) is 0 Å². The third kappa shape index (κ3) is 2.12. The fourth-order valence-corrected chi connectivity index (χ4v) is 2.34. The molecule has 3 atom stereocenters. The van der Waals surface area contributed by atoms with Crippen LogP contribution in [0.15, 0.2) is 12.7 Å². The van der Waals surface area contributed by atoms with E-state index >= 15 is 0 Å². The van der Waals surface area contributed by atoms with E-state index < -0.39 is 6.10 Å². The number of aliphatic hydroxyl groups is 1. The smallest absolute Gasteiger partial charge is 0.158 e. The van der Waals surface area contributed by atoms with E-state index in [1.54, 1.807) is 6.08 Å². The maximum Gasteiger partial charge on any atom is 0.158 e. The summed E-state index contributed by atoms with van der Waals surface area (Å²) in [6.07, 6.45) is 1.56. The Morgan fingerprint density at radius 2 is 2.13 bits per heavy atom. The highest BCUT2D eigenvalue weighted by molar-refractivity contribution is 5.84. The summed E-state index contributed by atoms with van der Waals surface area (Å²) >= 11 is 0. The third-order valence-corrected chi connectivity index (χ3v) is 3.14. The summed E-state index contributed by atoms with van der Waals surface area (Å²) in [4.78, 5) is 11.6. The van der Waals surface area contributed by atoms with Gasteiger partial charge in [-0.05, 0) is 0 Å². The molecule has 0 aromatic carbocycles. The van der Waals surface area contributed by atoms with Gasteiger partial charge in [0.1, 0.15) is 5.78 Å². The summed E-state index contributed by atoms with van der Waals surface area (Å²) < 4.78 is 10.6. The van der Waals surface area contributed by atoms with Crippen molar-refractivity contribution in [1.82, 2.24) is 0 Å². The highest BCUT2D eigenvalue weighted by atomic mass is 16.7. The summed E-state index contributed by atoms with van der Waals surface area (Å²) in [5.41, 5.74) is 0.